The molecule has 0 radical (unpaired) electrons. The molecule has 1 aromatic rings. The third-order valence-corrected chi connectivity index (χ3v) is 2.78. The van der Waals surface area contributed by atoms with Crippen LogP contribution in [-0.4, -0.2) is 25.5 Å². The van der Waals surface area contributed by atoms with Crippen molar-refractivity contribution >= 4 is 0 Å². The van der Waals surface area contributed by atoms with Crippen molar-refractivity contribution in [2.75, 3.05) is 14.2 Å². The van der Waals surface area contributed by atoms with E-state index in [-0.39, 0.29) is 6.04 Å². The standard InChI is InChI=1S/C12H17NO2/c1-9(13(14-2)15-3)6-10-4-5-11-8-12(11)7-10/h4-5,7,9H,6,8H2,1-3H3. The van der Waals surface area contributed by atoms with Gasteiger partial charge >= 0.3 is 0 Å². The lowest BCUT2D eigenvalue weighted by Crippen LogP contribution is -2.32. The van der Waals surface area contributed by atoms with Crippen molar-refractivity contribution in [1.29, 1.82) is 0 Å². The molecule has 3 heteroatoms. The van der Waals surface area contributed by atoms with Crippen LogP contribution in [0.2, 0.25) is 0 Å². The first kappa shape index (κ1) is 10.6. The van der Waals surface area contributed by atoms with Crippen molar-refractivity contribution in [3.05, 3.63) is 34.9 Å². The molecule has 3 nitrogen and oxygen atoms in total. The second-order valence-corrected chi connectivity index (χ2v) is 3.98. The van der Waals surface area contributed by atoms with E-state index in [9.17, 15) is 0 Å². The second kappa shape index (κ2) is 4.31. The smallest absolute Gasteiger partial charge is 0.0640 e. The van der Waals surface area contributed by atoms with Crippen LogP contribution in [0.4, 0.5) is 0 Å². The fraction of sp³-hybridized carbons (Fsp3) is 0.500. The van der Waals surface area contributed by atoms with E-state index < -0.39 is 0 Å². The van der Waals surface area contributed by atoms with Crippen LogP contribution in [0.15, 0.2) is 18.2 Å². The summed E-state index contributed by atoms with van der Waals surface area (Å²) in [5, 5.41) is 1.52. The van der Waals surface area contributed by atoms with Gasteiger partial charge in [-0.3, -0.25) is 9.68 Å². The summed E-state index contributed by atoms with van der Waals surface area (Å²) in [4.78, 5) is 10.2. The fourth-order valence-corrected chi connectivity index (χ4v) is 1.93. The Kier molecular flexibility index (Phi) is 3.05. The van der Waals surface area contributed by atoms with Crippen molar-refractivity contribution in [2.45, 2.75) is 25.8 Å². The molecule has 2 rings (SSSR count). The van der Waals surface area contributed by atoms with Gasteiger partial charge in [0, 0.05) is 0 Å². The van der Waals surface area contributed by atoms with Gasteiger partial charge in [-0.25, -0.2) is 0 Å². The predicted octanol–water partition coefficient (Wildman–Crippen LogP) is 1.95. The molecule has 0 saturated heterocycles. The summed E-state index contributed by atoms with van der Waals surface area (Å²) >= 11 is 0. The Morgan fingerprint density at radius 2 is 2.00 bits per heavy atom. The van der Waals surface area contributed by atoms with Crippen molar-refractivity contribution in [2.24, 2.45) is 0 Å². The minimum absolute atomic E-state index is 0.219. The van der Waals surface area contributed by atoms with E-state index >= 15 is 0 Å². The van der Waals surface area contributed by atoms with Gasteiger partial charge in [-0.1, -0.05) is 23.4 Å². The predicted molar refractivity (Wildman–Crippen MR) is 58.3 cm³/mol. The molecule has 0 amide bonds. The first-order valence-corrected chi connectivity index (χ1v) is 5.22. The molecule has 0 spiro atoms. The Labute approximate surface area is 90.5 Å². The van der Waals surface area contributed by atoms with E-state index in [0.29, 0.717) is 0 Å². The van der Waals surface area contributed by atoms with E-state index in [2.05, 4.69) is 25.1 Å². The number of fused-ring (bicyclic) bond motifs is 1. The zero-order chi connectivity index (χ0) is 10.8. The third kappa shape index (κ3) is 2.37. The molecule has 0 N–H and O–H groups in total. The largest absolute Gasteiger partial charge is 0.277 e. The highest BCUT2D eigenvalue weighted by atomic mass is 16.9. The van der Waals surface area contributed by atoms with E-state index in [4.69, 9.17) is 9.68 Å². The van der Waals surface area contributed by atoms with E-state index in [1.54, 1.807) is 14.2 Å². The van der Waals surface area contributed by atoms with Gasteiger partial charge in [0.1, 0.15) is 0 Å². The van der Waals surface area contributed by atoms with Crippen molar-refractivity contribution in [3.63, 3.8) is 0 Å². The van der Waals surface area contributed by atoms with E-state index in [1.807, 2.05) is 0 Å². The molecule has 0 aromatic heterocycles. The maximum atomic E-state index is 5.09. The lowest BCUT2D eigenvalue weighted by Gasteiger charge is -2.23. The summed E-state index contributed by atoms with van der Waals surface area (Å²) in [6.45, 7) is 2.08. The molecule has 15 heavy (non-hydrogen) atoms. The van der Waals surface area contributed by atoms with Gasteiger partial charge in [0.15, 0.2) is 0 Å². The lowest BCUT2D eigenvalue weighted by molar-refractivity contribution is -0.361. The zero-order valence-corrected chi connectivity index (χ0v) is 9.49. The highest BCUT2D eigenvalue weighted by Gasteiger charge is 2.18. The topological polar surface area (TPSA) is 21.7 Å². The third-order valence-electron chi connectivity index (χ3n) is 2.78. The minimum Gasteiger partial charge on any atom is -0.277 e. The molecule has 0 heterocycles. The van der Waals surface area contributed by atoms with Crippen LogP contribution >= 0.6 is 0 Å². The van der Waals surface area contributed by atoms with Crippen molar-refractivity contribution in [1.82, 2.24) is 5.23 Å². The average molecular weight is 207 g/mol. The summed E-state index contributed by atoms with van der Waals surface area (Å²) < 4.78 is 0. The van der Waals surface area contributed by atoms with Gasteiger partial charge in [0.05, 0.1) is 20.3 Å². The normalized spacial score (nSPS) is 15.2. The van der Waals surface area contributed by atoms with Gasteiger partial charge in [0.25, 0.3) is 0 Å². The quantitative estimate of drug-likeness (QED) is 0.699. The molecule has 1 aliphatic rings. The van der Waals surface area contributed by atoms with Crippen LogP contribution in [-0.2, 0) is 22.5 Å². The Morgan fingerprint density at radius 3 is 2.60 bits per heavy atom. The van der Waals surface area contributed by atoms with Crippen LogP contribution in [0.25, 0.3) is 0 Å². The molecule has 0 aliphatic heterocycles. The van der Waals surface area contributed by atoms with Crippen LogP contribution in [0.1, 0.15) is 23.6 Å². The summed E-state index contributed by atoms with van der Waals surface area (Å²) in [6, 6.07) is 6.89. The van der Waals surface area contributed by atoms with Crippen LogP contribution in [0.5, 0.6) is 0 Å². The summed E-state index contributed by atoms with van der Waals surface area (Å²) in [6.07, 6.45) is 2.11. The molecule has 1 aliphatic carbocycles. The van der Waals surface area contributed by atoms with Crippen molar-refractivity contribution in [3.8, 4) is 0 Å². The number of hydrogen-bond donors (Lipinski definition) is 0. The Balaban J connectivity index is 1.96. The van der Waals surface area contributed by atoms with Crippen LogP contribution in [0, 0.1) is 0 Å². The highest BCUT2D eigenvalue weighted by molar-refractivity contribution is 5.47. The van der Waals surface area contributed by atoms with E-state index in [0.717, 1.165) is 6.42 Å². The Hall–Kier alpha value is -0.900. The minimum atomic E-state index is 0.219. The number of rotatable bonds is 5. The first-order chi connectivity index (χ1) is 7.24. The van der Waals surface area contributed by atoms with Gasteiger partial charge < -0.3 is 0 Å². The van der Waals surface area contributed by atoms with Crippen LogP contribution in [0.3, 0.4) is 0 Å². The first-order valence-electron chi connectivity index (χ1n) is 5.22. The second-order valence-electron chi connectivity index (χ2n) is 3.98. The molecule has 1 unspecified atom stereocenters. The molecule has 1 atom stereocenters. The molecule has 1 aromatic carbocycles. The van der Waals surface area contributed by atoms with E-state index in [1.165, 1.54) is 28.3 Å². The van der Waals surface area contributed by atoms with Crippen molar-refractivity contribution < 1.29 is 9.68 Å². The number of benzene rings is 1. The van der Waals surface area contributed by atoms with Gasteiger partial charge in [0.2, 0.25) is 0 Å². The maximum Gasteiger partial charge on any atom is 0.0640 e. The number of nitrogens with zero attached hydrogens (tertiary/aromatic N) is 1. The van der Waals surface area contributed by atoms with Crippen LogP contribution < -0.4 is 0 Å². The van der Waals surface area contributed by atoms with Gasteiger partial charge in [-0.05, 0) is 36.5 Å². The zero-order valence-electron chi connectivity index (χ0n) is 9.49. The molecule has 0 saturated carbocycles. The summed E-state index contributed by atoms with van der Waals surface area (Å²) in [5.74, 6) is 0. The monoisotopic (exact) mass is 207 g/mol. The highest BCUT2D eigenvalue weighted by Crippen LogP contribution is 2.28. The lowest BCUT2D eigenvalue weighted by atomic mass is 10.1. The fourth-order valence-electron chi connectivity index (χ4n) is 1.93. The summed E-state index contributed by atoms with van der Waals surface area (Å²) in [5.41, 5.74) is 4.32. The Morgan fingerprint density at radius 1 is 1.27 bits per heavy atom. The number of hydrogen-bond acceptors (Lipinski definition) is 3. The molecule has 0 bridgehead atoms. The molecular formula is C12H17NO2. The Bertz CT molecular complexity index is 347. The number of hydroxylamine groups is 2. The van der Waals surface area contributed by atoms with Gasteiger partial charge in [-0.15, -0.1) is 0 Å². The SMILES string of the molecule is CON(OC)C(C)Cc1ccc2c(c1)C2. The van der Waals surface area contributed by atoms with Gasteiger partial charge in [-0.2, -0.15) is 0 Å². The molecule has 82 valence electrons. The molecule has 0 fully saturated rings. The maximum absolute atomic E-state index is 5.09. The average Bonchev–Trinajstić information content (AvgIpc) is 2.97. The molecular weight excluding hydrogens is 190 g/mol. The summed E-state index contributed by atoms with van der Waals surface area (Å²) in [7, 11) is 3.24.